The molecule has 0 spiro atoms. The molecule has 2 fully saturated rings. The molecule has 0 aromatic rings. The van der Waals surface area contributed by atoms with Crippen LogP contribution in [0.4, 0.5) is 0 Å². The van der Waals surface area contributed by atoms with Gasteiger partial charge in [-0.15, -0.1) is 0 Å². The zero-order chi connectivity index (χ0) is 15.6. The predicted molar refractivity (Wildman–Crippen MR) is 82.7 cm³/mol. The van der Waals surface area contributed by atoms with Crippen LogP contribution in [0.3, 0.4) is 0 Å². The summed E-state index contributed by atoms with van der Waals surface area (Å²) < 4.78 is 5.36. The number of ketones is 1. The first-order valence-corrected chi connectivity index (χ1v) is 8.27. The topological polar surface area (TPSA) is 43.4 Å². The Bertz CT molecular complexity index is 436. The van der Waals surface area contributed by atoms with Crippen LogP contribution >= 0.6 is 0 Å². The van der Waals surface area contributed by atoms with Gasteiger partial charge < -0.3 is 4.74 Å². The SMILES string of the molecule is CCCCC(C)(C)C(=O)/C=C/C1C(C)CC2OC(=O)CC21. The molecule has 0 amide bonds. The predicted octanol–water partition coefficient (Wildman–Crippen LogP) is 3.92. The van der Waals surface area contributed by atoms with Crippen molar-refractivity contribution in [2.45, 2.75) is 65.9 Å². The molecule has 1 aliphatic carbocycles. The number of carbonyl (C=O) groups excluding carboxylic acids is 2. The number of ether oxygens (including phenoxy) is 1. The van der Waals surface area contributed by atoms with Crippen LogP contribution in [0.25, 0.3) is 0 Å². The number of fused-ring (bicyclic) bond motifs is 1. The largest absolute Gasteiger partial charge is 0.462 e. The van der Waals surface area contributed by atoms with Crippen molar-refractivity contribution in [2.75, 3.05) is 0 Å². The summed E-state index contributed by atoms with van der Waals surface area (Å²) in [6, 6.07) is 0. The lowest BCUT2D eigenvalue weighted by molar-refractivity contribution is -0.141. The van der Waals surface area contributed by atoms with Crippen molar-refractivity contribution < 1.29 is 14.3 Å². The Morgan fingerprint density at radius 3 is 2.81 bits per heavy atom. The Kier molecular flexibility index (Phi) is 4.90. The Balaban J connectivity index is 1.99. The maximum absolute atomic E-state index is 12.4. The van der Waals surface area contributed by atoms with Gasteiger partial charge in [0.1, 0.15) is 6.10 Å². The molecule has 4 atom stereocenters. The van der Waals surface area contributed by atoms with E-state index in [1.54, 1.807) is 6.08 Å². The summed E-state index contributed by atoms with van der Waals surface area (Å²) in [7, 11) is 0. The van der Waals surface area contributed by atoms with Crippen LogP contribution in [-0.4, -0.2) is 17.9 Å². The van der Waals surface area contributed by atoms with Gasteiger partial charge in [-0.1, -0.05) is 46.6 Å². The number of unbranched alkanes of at least 4 members (excludes halogenated alkanes) is 1. The van der Waals surface area contributed by atoms with Crippen LogP contribution in [0.15, 0.2) is 12.2 Å². The molecule has 1 heterocycles. The third-order valence-corrected chi connectivity index (χ3v) is 5.21. The molecule has 0 aromatic heterocycles. The molecule has 2 aliphatic rings. The van der Waals surface area contributed by atoms with Gasteiger partial charge >= 0.3 is 5.97 Å². The highest BCUT2D eigenvalue weighted by molar-refractivity contribution is 5.94. The zero-order valence-corrected chi connectivity index (χ0v) is 13.7. The summed E-state index contributed by atoms with van der Waals surface area (Å²) >= 11 is 0. The Hall–Kier alpha value is -1.12. The second kappa shape index (κ2) is 6.33. The van der Waals surface area contributed by atoms with E-state index in [1.165, 1.54) is 0 Å². The molecule has 118 valence electrons. The van der Waals surface area contributed by atoms with Gasteiger partial charge in [0.05, 0.1) is 6.42 Å². The van der Waals surface area contributed by atoms with Crippen LogP contribution in [0.1, 0.15) is 59.8 Å². The van der Waals surface area contributed by atoms with Gasteiger partial charge in [-0.05, 0) is 30.8 Å². The van der Waals surface area contributed by atoms with Crippen molar-refractivity contribution in [1.82, 2.24) is 0 Å². The van der Waals surface area contributed by atoms with E-state index in [0.29, 0.717) is 18.3 Å². The second-order valence-corrected chi connectivity index (χ2v) is 7.40. The van der Waals surface area contributed by atoms with E-state index in [1.807, 2.05) is 19.9 Å². The summed E-state index contributed by atoms with van der Waals surface area (Å²) in [6.07, 6.45) is 8.46. The average molecular weight is 292 g/mol. The van der Waals surface area contributed by atoms with E-state index in [4.69, 9.17) is 4.74 Å². The molecule has 3 nitrogen and oxygen atoms in total. The lowest BCUT2D eigenvalue weighted by atomic mass is 9.81. The molecule has 0 radical (unpaired) electrons. The van der Waals surface area contributed by atoms with E-state index >= 15 is 0 Å². The molecule has 21 heavy (non-hydrogen) atoms. The van der Waals surface area contributed by atoms with Gasteiger partial charge in [0.15, 0.2) is 5.78 Å². The molecule has 0 N–H and O–H groups in total. The number of esters is 1. The smallest absolute Gasteiger partial charge is 0.306 e. The van der Waals surface area contributed by atoms with Crippen LogP contribution < -0.4 is 0 Å². The van der Waals surface area contributed by atoms with E-state index in [0.717, 1.165) is 25.7 Å². The molecular formula is C18H28O3. The number of allylic oxidation sites excluding steroid dienone is 2. The van der Waals surface area contributed by atoms with Crippen molar-refractivity contribution in [3.8, 4) is 0 Å². The first-order chi connectivity index (χ1) is 9.85. The van der Waals surface area contributed by atoms with E-state index < -0.39 is 0 Å². The number of hydrogen-bond donors (Lipinski definition) is 0. The maximum atomic E-state index is 12.4. The number of carbonyl (C=O) groups is 2. The second-order valence-electron chi connectivity index (χ2n) is 7.40. The first-order valence-electron chi connectivity index (χ1n) is 8.27. The lowest BCUT2D eigenvalue weighted by Gasteiger charge is -2.22. The van der Waals surface area contributed by atoms with Crippen LogP contribution in [0.5, 0.6) is 0 Å². The highest BCUT2D eigenvalue weighted by Crippen LogP contribution is 2.45. The van der Waals surface area contributed by atoms with Crippen LogP contribution in [0.2, 0.25) is 0 Å². The minimum absolute atomic E-state index is 0.0744. The van der Waals surface area contributed by atoms with Gasteiger partial charge in [0.2, 0.25) is 0 Å². The molecule has 4 unspecified atom stereocenters. The van der Waals surface area contributed by atoms with E-state index in [2.05, 4.69) is 13.8 Å². The van der Waals surface area contributed by atoms with Crippen molar-refractivity contribution in [3.05, 3.63) is 12.2 Å². The van der Waals surface area contributed by atoms with Crippen LogP contribution in [-0.2, 0) is 14.3 Å². The van der Waals surface area contributed by atoms with Crippen molar-refractivity contribution in [1.29, 1.82) is 0 Å². The highest BCUT2D eigenvalue weighted by atomic mass is 16.6. The summed E-state index contributed by atoms with van der Waals surface area (Å²) in [5.41, 5.74) is -0.282. The Morgan fingerprint density at radius 2 is 2.14 bits per heavy atom. The fourth-order valence-corrected chi connectivity index (χ4v) is 3.68. The number of rotatable bonds is 6. The normalized spacial score (nSPS) is 32.5. The molecule has 0 aromatic carbocycles. The highest BCUT2D eigenvalue weighted by Gasteiger charge is 2.47. The van der Waals surface area contributed by atoms with Crippen molar-refractivity contribution in [3.63, 3.8) is 0 Å². The summed E-state index contributed by atoms with van der Waals surface area (Å²) in [5, 5.41) is 0. The first kappa shape index (κ1) is 16.3. The fraction of sp³-hybridized carbons (Fsp3) is 0.778. The molecule has 1 saturated carbocycles. The summed E-state index contributed by atoms with van der Waals surface area (Å²) in [6.45, 7) is 8.39. The summed E-state index contributed by atoms with van der Waals surface area (Å²) in [4.78, 5) is 23.8. The molecule has 0 bridgehead atoms. The summed E-state index contributed by atoms with van der Waals surface area (Å²) in [5.74, 6) is 1.18. The molecule has 1 aliphatic heterocycles. The lowest BCUT2D eigenvalue weighted by Crippen LogP contribution is -2.23. The van der Waals surface area contributed by atoms with Gasteiger partial charge in [-0.3, -0.25) is 9.59 Å². The average Bonchev–Trinajstić information content (AvgIpc) is 2.89. The standard InChI is InChI=1S/C18H28O3/c1-5-6-9-18(3,4)16(19)8-7-13-12(2)10-15-14(13)11-17(20)21-15/h7-8,12-15H,5-6,9-11H2,1-4H3/b8-7+. The third-order valence-electron chi connectivity index (χ3n) is 5.21. The van der Waals surface area contributed by atoms with Crippen LogP contribution in [0, 0.1) is 23.2 Å². The zero-order valence-electron chi connectivity index (χ0n) is 13.7. The molecular weight excluding hydrogens is 264 g/mol. The third kappa shape index (κ3) is 3.56. The van der Waals surface area contributed by atoms with Gasteiger partial charge in [0.25, 0.3) is 0 Å². The fourth-order valence-electron chi connectivity index (χ4n) is 3.68. The van der Waals surface area contributed by atoms with Crippen molar-refractivity contribution in [2.24, 2.45) is 23.2 Å². The van der Waals surface area contributed by atoms with E-state index in [9.17, 15) is 9.59 Å². The van der Waals surface area contributed by atoms with Crippen molar-refractivity contribution >= 4 is 11.8 Å². The molecule has 2 rings (SSSR count). The quantitative estimate of drug-likeness (QED) is 0.550. The maximum Gasteiger partial charge on any atom is 0.306 e. The minimum atomic E-state index is -0.282. The van der Waals surface area contributed by atoms with Gasteiger partial charge in [0, 0.05) is 11.3 Å². The number of hydrogen-bond acceptors (Lipinski definition) is 3. The van der Waals surface area contributed by atoms with Gasteiger partial charge in [-0.2, -0.15) is 0 Å². The Morgan fingerprint density at radius 1 is 1.43 bits per heavy atom. The minimum Gasteiger partial charge on any atom is -0.462 e. The molecule has 1 saturated heterocycles. The van der Waals surface area contributed by atoms with E-state index in [-0.39, 0.29) is 29.2 Å². The monoisotopic (exact) mass is 292 g/mol. The van der Waals surface area contributed by atoms with Gasteiger partial charge in [-0.25, -0.2) is 0 Å². The molecule has 3 heteroatoms. The Labute approximate surface area is 128 Å².